The highest BCUT2D eigenvalue weighted by Crippen LogP contribution is 2.20. The molecule has 1 aliphatic heterocycles. The molecular formula is C12H16O2. The minimum atomic E-state index is 0.264. The Morgan fingerprint density at radius 1 is 1.21 bits per heavy atom. The second-order valence-electron chi connectivity index (χ2n) is 4.00. The van der Waals surface area contributed by atoms with Gasteiger partial charge in [-0.3, -0.25) is 0 Å². The Morgan fingerprint density at radius 2 is 1.86 bits per heavy atom. The smallest absolute Gasteiger partial charge is 0.145 e. The van der Waals surface area contributed by atoms with E-state index < -0.39 is 0 Å². The summed E-state index contributed by atoms with van der Waals surface area (Å²) in [6, 6.07) is 8.32. The molecule has 0 bridgehead atoms. The van der Waals surface area contributed by atoms with Crippen LogP contribution in [0.3, 0.4) is 0 Å². The zero-order valence-electron chi connectivity index (χ0n) is 8.69. The van der Waals surface area contributed by atoms with Crippen LogP contribution in [0.2, 0.25) is 0 Å². The average molecular weight is 192 g/mol. The van der Waals surface area contributed by atoms with Crippen molar-refractivity contribution in [3.05, 3.63) is 29.8 Å². The zero-order chi connectivity index (χ0) is 9.97. The maximum absolute atomic E-state index is 5.66. The lowest BCUT2D eigenvalue weighted by Crippen LogP contribution is -2.38. The molecule has 1 aromatic carbocycles. The van der Waals surface area contributed by atoms with Crippen LogP contribution in [0.1, 0.15) is 25.3 Å². The van der Waals surface area contributed by atoms with E-state index in [4.69, 9.17) is 9.47 Å². The molecule has 0 aliphatic carbocycles. The van der Waals surface area contributed by atoms with E-state index in [2.05, 4.69) is 26.0 Å². The first-order chi connectivity index (χ1) is 6.75. The first-order valence-corrected chi connectivity index (χ1v) is 5.10. The Morgan fingerprint density at radius 3 is 2.29 bits per heavy atom. The minimum Gasteiger partial charge on any atom is -0.486 e. The molecule has 0 atom stereocenters. The van der Waals surface area contributed by atoms with E-state index in [1.54, 1.807) is 0 Å². The van der Waals surface area contributed by atoms with Crippen molar-refractivity contribution in [2.45, 2.75) is 25.9 Å². The minimum absolute atomic E-state index is 0.264. The average Bonchev–Trinajstić information content (AvgIpc) is 2.12. The Hall–Kier alpha value is -1.02. The van der Waals surface area contributed by atoms with Gasteiger partial charge in [-0.25, -0.2) is 0 Å². The van der Waals surface area contributed by atoms with Crippen molar-refractivity contribution >= 4 is 0 Å². The largest absolute Gasteiger partial charge is 0.486 e. The maximum Gasteiger partial charge on any atom is 0.145 e. The molecule has 0 N–H and O–H groups in total. The van der Waals surface area contributed by atoms with Gasteiger partial charge in [-0.15, -0.1) is 0 Å². The molecular weight excluding hydrogens is 176 g/mol. The molecule has 1 fully saturated rings. The van der Waals surface area contributed by atoms with Gasteiger partial charge in [-0.05, 0) is 23.6 Å². The first-order valence-electron chi connectivity index (χ1n) is 5.10. The van der Waals surface area contributed by atoms with Crippen LogP contribution in [0.15, 0.2) is 24.3 Å². The second-order valence-corrected chi connectivity index (χ2v) is 4.00. The van der Waals surface area contributed by atoms with Gasteiger partial charge in [0.2, 0.25) is 0 Å². The van der Waals surface area contributed by atoms with E-state index in [-0.39, 0.29) is 6.10 Å². The van der Waals surface area contributed by atoms with Crippen molar-refractivity contribution in [1.29, 1.82) is 0 Å². The van der Waals surface area contributed by atoms with Crippen molar-refractivity contribution in [3.8, 4) is 5.75 Å². The van der Waals surface area contributed by atoms with Gasteiger partial charge in [-0.1, -0.05) is 26.0 Å². The molecule has 0 unspecified atom stereocenters. The quantitative estimate of drug-likeness (QED) is 0.732. The Balaban J connectivity index is 1.98. The fourth-order valence-electron chi connectivity index (χ4n) is 1.41. The van der Waals surface area contributed by atoms with Crippen LogP contribution >= 0.6 is 0 Å². The van der Waals surface area contributed by atoms with Crippen LogP contribution in [0.5, 0.6) is 5.75 Å². The molecule has 2 heteroatoms. The molecule has 0 radical (unpaired) electrons. The molecule has 1 heterocycles. The summed E-state index contributed by atoms with van der Waals surface area (Å²) in [5.41, 5.74) is 1.35. The van der Waals surface area contributed by atoms with Crippen molar-refractivity contribution in [3.63, 3.8) is 0 Å². The third-order valence-corrected chi connectivity index (χ3v) is 2.46. The summed E-state index contributed by atoms with van der Waals surface area (Å²) < 4.78 is 10.7. The van der Waals surface area contributed by atoms with Crippen LogP contribution in [-0.4, -0.2) is 19.3 Å². The predicted octanol–water partition coefficient (Wildman–Crippen LogP) is 2.59. The molecule has 0 spiro atoms. The van der Waals surface area contributed by atoms with Gasteiger partial charge in [-0.2, -0.15) is 0 Å². The fraction of sp³-hybridized carbons (Fsp3) is 0.500. The molecule has 1 saturated heterocycles. The lowest BCUT2D eigenvalue weighted by molar-refractivity contribution is -0.0796. The summed E-state index contributed by atoms with van der Waals surface area (Å²) in [6.45, 7) is 5.84. The Labute approximate surface area is 84.8 Å². The van der Waals surface area contributed by atoms with Gasteiger partial charge < -0.3 is 9.47 Å². The van der Waals surface area contributed by atoms with E-state index in [1.165, 1.54) is 5.56 Å². The van der Waals surface area contributed by atoms with Crippen molar-refractivity contribution in [1.82, 2.24) is 0 Å². The Bertz CT molecular complexity index is 286. The summed E-state index contributed by atoms with van der Waals surface area (Å²) >= 11 is 0. The topological polar surface area (TPSA) is 18.5 Å². The maximum atomic E-state index is 5.66. The molecule has 0 saturated carbocycles. The van der Waals surface area contributed by atoms with Crippen LogP contribution < -0.4 is 4.74 Å². The summed E-state index contributed by atoms with van der Waals surface area (Å²) in [5, 5.41) is 0. The van der Waals surface area contributed by atoms with Crippen LogP contribution in [-0.2, 0) is 4.74 Å². The van der Waals surface area contributed by atoms with Crippen molar-refractivity contribution < 1.29 is 9.47 Å². The van der Waals surface area contributed by atoms with E-state index >= 15 is 0 Å². The normalized spacial score (nSPS) is 16.8. The van der Waals surface area contributed by atoms with Crippen molar-refractivity contribution in [2.75, 3.05) is 13.2 Å². The monoisotopic (exact) mass is 192 g/mol. The summed E-state index contributed by atoms with van der Waals surface area (Å²) in [6.07, 6.45) is 0.264. The van der Waals surface area contributed by atoms with Crippen LogP contribution in [0.4, 0.5) is 0 Å². The van der Waals surface area contributed by atoms with Gasteiger partial charge in [0.25, 0.3) is 0 Å². The zero-order valence-corrected chi connectivity index (χ0v) is 8.69. The summed E-state index contributed by atoms with van der Waals surface area (Å²) in [5.74, 6) is 1.53. The standard InChI is InChI=1S/C12H16O2/c1-9(2)10-3-5-11(6-4-10)14-12-7-13-8-12/h3-6,9,12H,7-8H2,1-2H3. The lowest BCUT2D eigenvalue weighted by Gasteiger charge is -2.26. The van der Waals surface area contributed by atoms with Gasteiger partial charge >= 0.3 is 0 Å². The van der Waals surface area contributed by atoms with E-state index in [0.717, 1.165) is 19.0 Å². The van der Waals surface area contributed by atoms with E-state index in [1.807, 2.05) is 12.1 Å². The molecule has 2 nitrogen and oxygen atoms in total. The molecule has 14 heavy (non-hydrogen) atoms. The van der Waals surface area contributed by atoms with Crippen LogP contribution in [0, 0.1) is 0 Å². The van der Waals surface area contributed by atoms with E-state index in [9.17, 15) is 0 Å². The van der Waals surface area contributed by atoms with Gasteiger partial charge in [0, 0.05) is 0 Å². The highest BCUT2D eigenvalue weighted by atomic mass is 16.6. The van der Waals surface area contributed by atoms with Gasteiger partial charge in [0.15, 0.2) is 0 Å². The molecule has 0 amide bonds. The van der Waals surface area contributed by atoms with E-state index in [0.29, 0.717) is 5.92 Å². The molecule has 1 aromatic rings. The summed E-state index contributed by atoms with van der Waals surface area (Å²) in [4.78, 5) is 0. The van der Waals surface area contributed by atoms with Gasteiger partial charge in [0.1, 0.15) is 11.9 Å². The number of hydrogen-bond donors (Lipinski definition) is 0. The number of hydrogen-bond acceptors (Lipinski definition) is 2. The van der Waals surface area contributed by atoms with Gasteiger partial charge in [0.05, 0.1) is 13.2 Å². The highest BCUT2D eigenvalue weighted by Gasteiger charge is 2.19. The third kappa shape index (κ3) is 2.07. The highest BCUT2D eigenvalue weighted by molar-refractivity contribution is 5.29. The molecule has 2 rings (SSSR count). The third-order valence-electron chi connectivity index (χ3n) is 2.46. The molecule has 0 aromatic heterocycles. The number of benzene rings is 1. The number of ether oxygens (including phenoxy) is 2. The second kappa shape index (κ2) is 4.01. The molecule has 76 valence electrons. The predicted molar refractivity (Wildman–Crippen MR) is 55.8 cm³/mol. The summed E-state index contributed by atoms with van der Waals surface area (Å²) in [7, 11) is 0. The Kier molecular flexibility index (Phi) is 2.73. The fourth-order valence-corrected chi connectivity index (χ4v) is 1.41. The van der Waals surface area contributed by atoms with Crippen LogP contribution in [0.25, 0.3) is 0 Å². The SMILES string of the molecule is CC(C)c1ccc(OC2COC2)cc1. The first kappa shape index (κ1) is 9.53. The number of rotatable bonds is 3. The van der Waals surface area contributed by atoms with Crippen molar-refractivity contribution in [2.24, 2.45) is 0 Å². The molecule has 1 aliphatic rings. The lowest BCUT2D eigenvalue weighted by atomic mass is 10.0.